The van der Waals surface area contributed by atoms with Crippen molar-refractivity contribution in [3.05, 3.63) is 30.1 Å². The maximum atomic E-state index is 12.2. The largest absolute Gasteiger partial charge is 0.360 e. The van der Waals surface area contributed by atoms with Gasteiger partial charge in [-0.25, -0.2) is 4.98 Å². The van der Waals surface area contributed by atoms with Crippen LogP contribution in [-0.4, -0.2) is 33.4 Å². The standard InChI is InChI=1S/C13H17N3O/c1-4-16(9(2)3)13(17)12-6-5-10-11(15-12)7-8-14-10/h5-9,14H,4H2,1-3H3. The minimum atomic E-state index is -0.00870. The first-order chi connectivity index (χ1) is 8.13. The third kappa shape index (κ3) is 2.16. The van der Waals surface area contributed by atoms with Gasteiger partial charge in [0.25, 0.3) is 5.91 Å². The topological polar surface area (TPSA) is 49.0 Å². The Hall–Kier alpha value is -1.84. The number of nitrogens with one attached hydrogen (secondary N) is 1. The highest BCUT2D eigenvalue weighted by Gasteiger charge is 2.18. The molecule has 0 bridgehead atoms. The molecule has 0 unspecified atom stereocenters. The molecule has 4 nitrogen and oxygen atoms in total. The molecule has 0 spiro atoms. The summed E-state index contributed by atoms with van der Waals surface area (Å²) in [7, 11) is 0. The smallest absolute Gasteiger partial charge is 0.272 e. The van der Waals surface area contributed by atoms with Gasteiger partial charge in [0.1, 0.15) is 5.69 Å². The molecule has 1 N–H and O–H groups in total. The van der Waals surface area contributed by atoms with Crippen LogP contribution in [0.3, 0.4) is 0 Å². The van der Waals surface area contributed by atoms with Gasteiger partial charge in [0, 0.05) is 18.8 Å². The maximum Gasteiger partial charge on any atom is 0.272 e. The zero-order chi connectivity index (χ0) is 12.4. The fourth-order valence-electron chi connectivity index (χ4n) is 1.94. The molecule has 17 heavy (non-hydrogen) atoms. The minimum absolute atomic E-state index is 0.00870. The monoisotopic (exact) mass is 231 g/mol. The third-order valence-corrected chi connectivity index (χ3v) is 2.85. The molecular formula is C13H17N3O. The molecule has 0 aromatic carbocycles. The Morgan fingerprint density at radius 2 is 2.18 bits per heavy atom. The van der Waals surface area contributed by atoms with Gasteiger partial charge in [-0.05, 0) is 39.0 Å². The summed E-state index contributed by atoms with van der Waals surface area (Å²) in [6, 6.07) is 5.73. The molecule has 2 heterocycles. The predicted octanol–water partition coefficient (Wildman–Crippen LogP) is 2.43. The number of amides is 1. The first-order valence-corrected chi connectivity index (χ1v) is 5.88. The van der Waals surface area contributed by atoms with Gasteiger partial charge in [0.15, 0.2) is 0 Å². The van der Waals surface area contributed by atoms with Crippen molar-refractivity contribution in [2.45, 2.75) is 26.8 Å². The van der Waals surface area contributed by atoms with Crippen LogP contribution in [0.1, 0.15) is 31.3 Å². The van der Waals surface area contributed by atoms with Gasteiger partial charge >= 0.3 is 0 Å². The molecule has 0 radical (unpaired) electrons. The van der Waals surface area contributed by atoms with Gasteiger partial charge in [-0.3, -0.25) is 4.79 Å². The number of aromatic nitrogens is 2. The van der Waals surface area contributed by atoms with Crippen molar-refractivity contribution >= 4 is 16.9 Å². The van der Waals surface area contributed by atoms with Crippen LogP contribution >= 0.6 is 0 Å². The Bertz CT molecular complexity index is 530. The van der Waals surface area contributed by atoms with E-state index in [1.165, 1.54) is 0 Å². The highest BCUT2D eigenvalue weighted by molar-refractivity contribution is 5.94. The van der Waals surface area contributed by atoms with Crippen LogP contribution in [0, 0.1) is 0 Å². The normalized spacial score (nSPS) is 11.1. The van der Waals surface area contributed by atoms with Gasteiger partial charge in [-0.1, -0.05) is 0 Å². The van der Waals surface area contributed by atoms with Crippen LogP contribution in [0.2, 0.25) is 0 Å². The zero-order valence-electron chi connectivity index (χ0n) is 10.4. The van der Waals surface area contributed by atoms with E-state index < -0.39 is 0 Å². The zero-order valence-corrected chi connectivity index (χ0v) is 10.4. The van der Waals surface area contributed by atoms with Crippen molar-refractivity contribution in [1.82, 2.24) is 14.9 Å². The molecule has 0 fully saturated rings. The Morgan fingerprint density at radius 3 is 2.82 bits per heavy atom. The molecule has 2 aromatic rings. The van der Waals surface area contributed by atoms with Crippen LogP contribution in [0.4, 0.5) is 0 Å². The number of aromatic amines is 1. The molecule has 0 saturated heterocycles. The molecule has 2 rings (SSSR count). The number of carbonyl (C=O) groups excluding carboxylic acids is 1. The van der Waals surface area contributed by atoms with Crippen LogP contribution in [-0.2, 0) is 0 Å². The first kappa shape index (κ1) is 11.6. The lowest BCUT2D eigenvalue weighted by molar-refractivity contribution is 0.0711. The highest BCUT2D eigenvalue weighted by Crippen LogP contribution is 2.12. The van der Waals surface area contributed by atoms with E-state index in [9.17, 15) is 4.79 Å². The first-order valence-electron chi connectivity index (χ1n) is 5.88. The van der Waals surface area contributed by atoms with E-state index in [0.717, 1.165) is 11.0 Å². The molecule has 0 atom stereocenters. The van der Waals surface area contributed by atoms with Gasteiger partial charge in [-0.15, -0.1) is 0 Å². The number of H-pyrrole nitrogens is 1. The summed E-state index contributed by atoms with van der Waals surface area (Å²) < 4.78 is 0. The fourth-order valence-corrected chi connectivity index (χ4v) is 1.94. The maximum absolute atomic E-state index is 12.2. The Balaban J connectivity index is 2.35. The molecule has 0 aliphatic heterocycles. The SMILES string of the molecule is CCN(C(=O)c1ccc2[nH]ccc2n1)C(C)C. The summed E-state index contributed by atoms with van der Waals surface area (Å²) in [5, 5.41) is 0. The van der Waals surface area contributed by atoms with Crippen molar-refractivity contribution in [3.63, 3.8) is 0 Å². The molecule has 4 heteroatoms. The summed E-state index contributed by atoms with van der Waals surface area (Å²) in [5.41, 5.74) is 2.29. The minimum Gasteiger partial charge on any atom is -0.360 e. The molecule has 0 aliphatic carbocycles. The molecule has 1 amide bonds. The van der Waals surface area contributed by atoms with Crippen LogP contribution < -0.4 is 0 Å². The van der Waals surface area contributed by atoms with Crippen molar-refractivity contribution in [3.8, 4) is 0 Å². The van der Waals surface area contributed by atoms with Gasteiger partial charge in [0.05, 0.1) is 11.0 Å². The van der Waals surface area contributed by atoms with Gasteiger partial charge < -0.3 is 9.88 Å². The fraction of sp³-hybridized carbons (Fsp3) is 0.385. The average molecular weight is 231 g/mol. The van der Waals surface area contributed by atoms with E-state index in [1.807, 2.05) is 39.1 Å². The number of hydrogen-bond acceptors (Lipinski definition) is 2. The van der Waals surface area contributed by atoms with E-state index in [0.29, 0.717) is 12.2 Å². The van der Waals surface area contributed by atoms with Crippen molar-refractivity contribution in [2.75, 3.05) is 6.54 Å². The van der Waals surface area contributed by atoms with Crippen LogP contribution in [0.15, 0.2) is 24.4 Å². The molecular weight excluding hydrogens is 214 g/mol. The molecule has 2 aromatic heterocycles. The number of hydrogen-bond donors (Lipinski definition) is 1. The average Bonchev–Trinajstić information content (AvgIpc) is 2.75. The van der Waals surface area contributed by atoms with Crippen molar-refractivity contribution in [1.29, 1.82) is 0 Å². The van der Waals surface area contributed by atoms with Gasteiger partial charge in [-0.2, -0.15) is 0 Å². The summed E-state index contributed by atoms with van der Waals surface area (Å²) in [6.45, 7) is 6.70. The Labute approximate surface area is 101 Å². The highest BCUT2D eigenvalue weighted by atomic mass is 16.2. The van der Waals surface area contributed by atoms with Crippen LogP contribution in [0.25, 0.3) is 11.0 Å². The third-order valence-electron chi connectivity index (χ3n) is 2.85. The summed E-state index contributed by atoms with van der Waals surface area (Å²) in [6.07, 6.45) is 1.83. The number of carbonyl (C=O) groups is 1. The molecule has 0 saturated carbocycles. The number of pyridine rings is 1. The van der Waals surface area contributed by atoms with Crippen molar-refractivity contribution < 1.29 is 4.79 Å². The number of fused-ring (bicyclic) bond motifs is 1. The lowest BCUT2D eigenvalue weighted by atomic mass is 10.2. The lowest BCUT2D eigenvalue weighted by Crippen LogP contribution is -2.37. The summed E-state index contributed by atoms with van der Waals surface area (Å²) >= 11 is 0. The van der Waals surface area contributed by atoms with Gasteiger partial charge in [0.2, 0.25) is 0 Å². The predicted molar refractivity (Wildman–Crippen MR) is 67.9 cm³/mol. The Morgan fingerprint density at radius 1 is 1.41 bits per heavy atom. The van der Waals surface area contributed by atoms with E-state index in [2.05, 4.69) is 9.97 Å². The lowest BCUT2D eigenvalue weighted by Gasteiger charge is -2.24. The number of nitrogens with zero attached hydrogens (tertiary/aromatic N) is 2. The summed E-state index contributed by atoms with van der Waals surface area (Å²) in [4.78, 5) is 21.5. The van der Waals surface area contributed by atoms with E-state index >= 15 is 0 Å². The second kappa shape index (κ2) is 4.57. The van der Waals surface area contributed by atoms with E-state index in [1.54, 1.807) is 11.0 Å². The van der Waals surface area contributed by atoms with E-state index in [-0.39, 0.29) is 11.9 Å². The quantitative estimate of drug-likeness (QED) is 0.882. The molecule has 90 valence electrons. The number of rotatable bonds is 3. The second-order valence-electron chi connectivity index (χ2n) is 4.29. The van der Waals surface area contributed by atoms with Crippen molar-refractivity contribution in [2.24, 2.45) is 0 Å². The van der Waals surface area contributed by atoms with Crippen LogP contribution in [0.5, 0.6) is 0 Å². The second-order valence-corrected chi connectivity index (χ2v) is 4.29. The molecule has 0 aliphatic rings. The summed E-state index contributed by atoms with van der Waals surface area (Å²) in [5.74, 6) is -0.00870. The Kier molecular flexibility index (Phi) is 3.13. The van der Waals surface area contributed by atoms with E-state index in [4.69, 9.17) is 0 Å².